The molecule has 0 fully saturated rings. The first kappa shape index (κ1) is 11.8. The molecule has 0 rings (SSSR count). The van der Waals surface area contributed by atoms with Crippen LogP contribution in [-0.2, 0) is 9.59 Å². The van der Waals surface area contributed by atoms with Gasteiger partial charge < -0.3 is 5.11 Å². The van der Waals surface area contributed by atoms with E-state index in [1.807, 2.05) is 0 Å². The Morgan fingerprint density at radius 3 is 2.08 bits per heavy atom. The van der Waals surface area contributed by atoms with Crippen LogP contribution in [0.5, 0.6) is 0 Å². The Morgan fingerprint density at radius 1 is 1.38 bits per heavy atom. The highest BCUT2D eigenvalue weighted by Gasteiger charge is 2.41. The fourth-order valence-electron chi connectivity index (χ4n) is 0.831. The third-order valence-electron chi connectivity index (χ3n) is 2.11. The van der Waals surface area contributed by atoms with Gasteiger partial charge >= 0.3 is 5.97 Å². The molecular weight excluding hydrogens is 170 g/mol. The lowest BCUT2D eigenvalue weighted by Crippen LogP contribution is -2.54. The molecule has 0 aliphatic carbocycles. The second kappa shape index (κ2) is 4.18. The Kier molecular flexibility index (Phi) is 3.81. The molecule has 0 aromatic carbocycles. The predicted molar refractivity (Wildman–Crippen MR) is 49.5 cm³/mol. The van der Waals surface area contributed by atoms with Crippen molar-refractivity contribution in [3.05, 3.63) is 12.2 Å². The van der Waals surface area contributed by atoms with Crippen LogP contribution in [0.2, 0.25) is 0 Å². The van der Waals surface area contributed by atoms with E-state index in [4.69, 9.17) is 5.11 Å². The van der Waals surface area contributed by atoms with E-state index in [0.717, 1.165) is 0 Å². The minimum absolute atomic E-state index is 0.424. The van der Waals surface area contributed by atoms with Gasteiger partial charge in [0, 0.05) is 0 Å². The first-order valence-corrected chi connectivity index (χ1v) is 3.95. The van der Waals surface area contributed by atoms with E-state index >= 15 is 0 Å². The minimum atomic E-state index is -1.47. The number of hydrogen-bond donors (Lipinski definition) is 1. The maximum Gasteiger partial charge on any atom is 0.331 e. The molecule has 0 aromatic rings. The molecule has 0 aliphatic rings. The highest BCUT2D eigenvalue weighted by Crippen LogP contribution is 2.13. The maximum absolute atomic E-state index is 11.4. The van der Waals surface area contributed by atoms with Crippen molar-refractivity contribution in [1.29, 1.82) is 0 Å². The fourth-order valence-corrected chi connectivity index (χ4v) is 0.831. The summed E-state index contributed by atoms with van der Waals surface area (Å²) in [4.78, 5) is 23.7. The molecule has 0 saturated carbocycles. The van der Waals surface area contributed by atoms with E-state index in [9.17, 15) is 9.59 Å². The normalized spacial score (nSPS) is 16.1. The molecule has 4 nitrogen and oxygen atoms in total. The number of hydrogen-bond acceptors (Lipinski definition) is 3. The first-order valence-electron chi connectivity index (χ1n) is 3.95. The summed E-state index contributed by atoms with van der Waals surface area (Å²) >= 11 is 0. The summed E-state index contributed by atoms with van der Waals surface area (Å²) in [6.45, 7) is 3.06. The van der Waals surface area contributed by atoms with Crippen molar-refractivity contribution in [2.45, 2.75) is 19.4 Å². The summed E-state index contributed by atoms with van der Waals surface area (Å²) in [5.41, 5.74) is -1.47. The number of aliphatic carboxylic acids is 1. The molecular formula is C9H15NO3. The molecule has 0 bridgehead atoms. The number of carbonyl (C=O) groups excluding carboxylic acids is 1. The Balaban J connectivity index is 5.02. The van der Waals surface area contributed by atoms with Gasteiger partial charge in [-0.1, -0.05) is 6.08 Å². The molecule has 0 radical (unpaired) electrons. The summed E-state index contributed by atoms with van der Waals surface area (Å²) in [7, 11) is 3.13. The van der Waals surface area contributed by atoms with E-state index in [1.54, 1.807) is 21.0 Å². The van der Waals surface area contributed by atoms with Crippen molar-refractivity contribution < 1.29 is 14.7 Å². The average Bonchev–Trinajstić information content (AvgIpc) is 2.02. The SMILES string of the molecule is C/C=C/C(=O)C(C)(C(=O)O)N(C)C. The van der Waals surface area contributed by atoms with Crippen molar-refractivity contribution in [2.24, 2.45) is 0 Å². The van der Waals surface area contributed by atoms with Crippen molar-refractivity contribution in [1.82, 2.24) is 4.90 Å². The standard InChI is InChI=1S/C9H15NO3/c1-5-6-7(11)9(2,8(12)13)10(3)4/h5-6H,1-4H3,(H,12,13)/b6-5+. The summed E-state index contributed by atoms with van der Waals surface area (Å²) in [6, 6.07) is 0. The summed E-state index contributed by atoms with van der Waals surface area (Å²) in [6.07, 6.45) is 2.81. The van der Waals surface area contributed by atoms with Gasteiger partial charge in [0.25, 0.3) is 0 Å². The average molecular weight is 185 g/mol. The zero-order valence-electron chi connectivity index (χ0n) is 8.37. The molecule has 1 unspecified atom stereocenters. The minimum Gasteiger partial charge on any atom is -0.480 e. The molecule has 0 heterocycles. The highest BCUT2D eigenvalue weighted by atomic mass is 16.4. The largest absolute Gasteiger partial charge is 0.480 e. The second-order valence-electron chi connectivity index (χ2n) is 3.14. The lowest BCUT2D eigenvalue weighted by atomic mass is 9.95. The van der Waals surface area contributed by atoms with Crippen LogP contribution in [0, 0.1) is 0 Å². The van der Waals surface area contributed by atoms with Crippen LogP contribution >= 0.6 is 0 Å². The number of rotatable bonds is 4. The third kappa shape index (κ3) is 2.15. The molecule has 74 valence electrons. The van der Waals surface area contributed by atoms with Gasteiger partial charge in [0.15, 0.2) is 11.3 Å². The van der Waals surface area contributed by atoms with Gasteiger partial charge in [-0.05, 0) is 34.0 Å². The van der Waals surface area contributed by atoms with Crippen molar-refractivity contribution in [2.75, 3.05) is 14.1 Å². The monoisotopic (exact) mass is 185 g/mol. The molecule has 0 aliphatic heterocycles. The number of carbonyl (C=O) groups is 2. The van der Waals surface area contributed by atoms with Gasteiger partial charge in [0.2, 0.25) is 0 Å². The van der Waals surface area contributed by atoms with Gasteiger partial charge in [-0.25, -0.2) is 4.79 Å². The van der Waals surface area contributed by atoms with Crippen molar-refractivity contribution >= 4 is 11.8 Å². The van der Waals surface area contributed by atoms with Crippen LogP contribution in [0.15, 0.2) is 12.2 Å². The molecule has 0 saturated heterocycles. The van der Waals surface area contributed by atoms with Gasteiger partial charge in [0.05, 0.1) is 0 Å². The van der Waals surface area contributed by atoms with Crippen molar-refractivity contribution in [3.63, 3.8) is 0 Å². The van der Waals surface area contributed by atoms with E-state index in [2.05, 4.69) is 0 Å². The van der Waals surface area contributed by atoms with Crippen LogP contribution in [0.4, 0.5) is 0 Å². The predicted octanol–water partition coefficient (Wildman–Crippen LogP) is 0.536. The number of allylic oxidation sites excluding steroid dienone is 1. The lowest BCUT2D eigenvalue weighted by Gasteiger charge is -2.29. The number of ketones is 1. The smallest absolute Gasteiger partial charge is 0.331 e. The molecule has 4 heteroatoms. The van der Waals surface area contributed by atoms with Crippen LogP contribution in [-0.4, -0.2) is 41.4 Å². The van der Waals surface area contributed by atoms with Crippen LogP contribution < -0.4 is 0 Å². The quantitative estimate of drug-likeness (QED) is 0.513. The van der Waals surface area contributed by atoms with Crippen LogP contribution in [0.1, 0.15) is 13.8 Å². The fraction of sp³-hybridized carbons (Fsp3) is 0.556. The van der Waals surface area contributed by atoms with Gasteiger partial charge in [-0.3, -0.25) is 9.69 Å². The van der Waals surface area contributed by atoms with E-state index in [1.165, 1.54) is 24.0 Å². The maximum atomic E-state index is 11.4. The van der Waals surface area contributed by atoms with Crippen LogP contribution in [0.3, 0.4) is 0 Å². The molecule has 1 atom stereocenters. The Morgan fingerprint density at radius 2 is 1.85 bits per heavy atom. The van der Waals surface area contributed by atoms with Gasteiger partial charge in [-0.15, -0.1) is 0 Å². The van der Waals surface area contributed by atoms with Crippen LogP contribution in [0.25, 0.3) is 0 Å². The second-order valence-corrected chi connectivity index (χ2v) is 3.14. The zero-order chi connectivity index (χ0) is 10.6. The van der Waals surface area contributed by atoms with Crippen molar-refractivity contribution in [3.8, 4) is 0 Å². The zero-order valence-corrected chi connectivity index (χ0v) is 8.37. The van der Waals surface area contributed by atoms with E-state index < -0.39 is 17.3 Å². The molecule has 0 amide bonds. The van der Waals surface area contributed by atoms with E-state index in [0.29, 0.717) is 0 Å². The number of carboxylic acid groups (broad SMARTS) is 1. The summed E-state index contributed by atoms with van der Waals surface area (Å²) < 4.78 is 0. The molecule has 13 heavy (non-hydrogen) atoms. The number of nitrogens with zero attached hydrogens (tertiary/aromatic N) is 1. The first-order chi connectivity index (χ1) is 5.87. The topological polar surface area (TPSA) is 57.6 Å². The number of carboxylic acids is 1. The molecule has 1 N–H and O–H groups in total. The lowest BCUT2D eigenvalue weighted by molar-refractivity contribution is -0.153. The third-order valence-corrected chi connectivity index (χ3v) is 2.11. The van der Waals surface area contributed by atoms with Gasteiger partial charge in [-0.2, -0.15) is 0 Å². The Hall–Kier alpha value is -1.16. The Bertz CT molecular complexity index is 245. The van der Waals surface area contributed by atoms with Gasteiger partial charge in [0.1, 0.15) is 0 Å². The van der Waals surface area contributed by atoms with E-state index in [-0.39, 0.29) is 0 Å². The summed E-state index contributed by atoms with van der Waals surface area (Å²) in [5, 5.41) is 8.90. The highest BCUT2D eigenvalue weighted by molar-refractivity contribution is 6.12. The molecule has 0 spiro atoms. The molecule has 0 aromatic heterocycles. The number of likely N-dealkylation sites (N-methyl/N-ethyl adjacent to an activating group) is 1. The summed E-state index contributed by atoms with van der Waals surface area (Å²) in [5.74, 6) is -1.56. The Labute approximate surface area is 77.8 Å².